The first-order valence-electron chi connectivity index (χ1n) is 17.5. The summed E-state index contributed by atoms with van der Waals surface area (Å²) >= 11 is 0. The van der Waals surface area contributed by atoms with E-state index in [-0.39, 0.29) is 0 Å². The molecule has 2 heterocycles. The third-order valence-corrected chi connectivity index (χ3v) is 9.89. The van der Waals surface area contributed by atoms with Crippen molar-refractivity contribution in [1.82, 2.24) is 19.9 Å². The van der Waals surface area contributed by atoms with Gasteiger partial charge in [-0.15, -0.1) is 0 Å². The van der Waals surface area contributed by atoms with Crippen molar-refractivity contribution in [2.45, 2.75) is 0 Å². The first-order valence-corrected chi connectivity index (χ1v) is 17.5. The second-order valence-corrected chi connectivity index (χ2v) is 13.0. The van der Waals surface area contributed by atoms with Crippen molar-refractivity contribution < 1.29 is 0 Å². The van der Waals surface area contributed by atoms with E-state index in [1.165, 1.54) is 10.8 Å². The zero-order valence-electron chi connectivity index (χ0n) is 28.1. The van der Waals surface area contributed by atoms with E-state index in [1.54, 1.807) is 0 Å². The average molecular weight is 663 g/mol. The number of nitrogens with zero attached hydrogens (tertiary/aromatic N) is 4. The molecule has 0 aliphatic heterocycles. The molecule has 8 aromatic carbocycles. The van der Waals surface area contributed by atoms with Gasteiger partial charge in [-0.05, 0) is 33.5 Å². The average Bonchev–Trinajstić information content (AvgIpc) is 3.23. The van der Waals surface area contributed by atoms with Crippen LogP contribution in [0.5, 0.6) is 0 Å². The monoisotopic (exact) mass is 662 g/mol. The van der Waals surface area contributed by atoms with Crippen LogP contribution in [-0.2, 0) is 0 Å². The van der Waals surface area contributed by atoms with Gasteiger partial charge in [0.2, 0.25) is 0 Å². The molecule has 0 unspecified atom stereocenters. The molecule has 242 valence electrons. The van der Waals surface area contributed by atoms with Gasteiger partial charge in [0.15, 0.2) is 17.5 Å². The first kappa shape index (κ1) is 29.8. The molecule has 4 heteroatoms. The molecule has 2 aromatic heterocycles. The highest BCUT2D eigenvalue weighted by Crippen LogP contribution is 2.41. The van der Waals surface area contributed by atoms with E-state index in [2.05, 4.69) is 140 Å². The zero-order valence-corrected chi connectivity index (χ0v) is 28.1. The summed E-state index contributed by atoms with van der Waals surface area (Å²) in [6.45, 7) is 0. The van der Waals surface area contributed by atoms with Crippen LogP contribution in [0, 0.1) is 0 Å². The van der Waals surface area contributed by atoms with Crippen LogP contribution in [-0.4, -0.2) is 19.9 Å². The molecule has 0 N–H and O–H groups in total. The van der Waals surface area contributed by atoms with E-state index in [9.17, 15) is 0 Å². The van der Waals surface area contributed by atoms with Gasteiger partial charge in [0.05, 0.1) is 11.0 Å². The second kappa shape index (κ2) is 12.4. The lowest BCUT2D eigenvalue weighted by molar-refractivity contribution is 1.07. The quantitative estimate of drug-likeness (QED) is 0.136. The molecule has 0 fully saturated rings. The molecule has 0 atom stereocenters. The Hall–Kier alpha value is -7.04. The predicted octanol–water partition coefficient (Wildman–Crippen LogP) is 12.2. The number of aromatic nitrogens is 4. The molecule has 10 aromatic rings. The van der Waals surface area contributed by atoms with Gasteiger partial charge in [-0.1, -0.05) is 176 Å². The minimum Gasteiger partial charge on any atom is -0.246 e. The van der Waals surface area contributed by atoms with Gasteiger partial charge < -0.3 is 0 Å². The molecule has 52 heavy (non-hydrogen) atoms. The summed E-state index contributed by atoms with van der Waals surface area (Å²) in [6.07, 6.45) is 0. The van der Waals surface area contributed by atoms with Gasteiger partial charge in [-0.2, -0.15) is 0 Å². The van der Waals surface area contributed by atoms with Gasteiger partial charge in [-0.25, -0.2) is 19.9 Å². The molecular weight excluding hydrogens is 633 g/mol. The molecule has 10 rings (SSSR count). The Balaban J connectivity index is 1.22. The van der Waals surface area contributed by atoms with Crippen LogP contribution in [0.2, 0.25) is 0 Å². The molecule has 0 aliphatic carbocycles. The Morgan fingerprint density at radius 1 is 0.269 bits per heavy atom. The van der Waals surface area contributed by atoms with Crippen LogP contribution in [0.15, 0.2) is 182 Å². The summed E-state index contributed by atoms with van der Waals surface area (Å²) < 4.78 is 0. The fourth-order valence-electron chi connectivity index (χ4n) is 7.43. The van der Waals surface area contributed by atoms with Crippen LogP contribution < -0.4 is 0 Å². The lowest BCUT2D eigenvalue weighted by atomic mass is 9.92. The van der Waals surface area contributed by atoms with E-state index in [1.807, 2.05) is 42.5 Å². The smallest absolute Gasteiger partial charge is 0.164 e. The maximum absolute atomic E-state index is 5.39. The van der Waals surface area contributed by atoms with E-state index in [0.717, 1.165) is 71.5 Å². The zero-order chi connectivity index (χ0) is 34.4. The number of fused-ring (bicyclic) bond motifs is 6. The Morgan fingerprint density at radius 3 is 1.40 bits per heavy atom. The van der Waals surface area contributed by atoms with E-state index in [0.29, 0.717) is 17.5 Å². The highest BCUT2D eigenvalue weighted by atomic mass is 15.0. The number of benzene rings is 8. The van der Waals surface area contributed by atoms with E-state index >= 15 is 0 Å². The van der Waals surface area contributed by atoms with Crippen molar-refractivity contribution in [3.05, 3.63) is 182 Å². The Kier molecular flexibility index (Phi) is 7.10. The van der Waals surface area contributed by atoms with Crippen molar-refractivity contribution in [3.63, 3.8) is 0 Å². The fraction of sp³-hybridized carbons (Fsp3) is 0. The maximum Gasteiger partial charge on any atom is 0.164 e. The minimum atomic E-state index is 0.618. The van der Waals surface area contributed by atoms with Crippen molar-refractivity contribution in [1.29, 1.82) is 0 Å². The molecule has 0 spiro atoms. The maximum atomic E-state index is 5.39. The summed E-state index contributed by atoms with van der Waals surface area (Å²) in [6, 6.07) is 63.3. The number of rotatable bonds is 5. The summed E-state index contributed by atoms with van der Waals surface area (Å²) in [5, 5.41) is 6.83. The summed E-state index contributed by atoms with van der Waals surface area (Å²) in [5.74, 6) is 1.88. The Labute approximate surface area is 300 Å². The molecule has 4 nitrogen and oxygen atoms in total. The lowest BCUT2D eigenvalue weighted by Gasteiger charge is -2.16. The predicted molar refractivity (Wildman–Crippen MR) is 215 cm³/mol. The van der Waals surface area contributed by atoms with Crippen LogP contribution in [0.1, 0.15) is 0 Å². The third kappa shape index (κ3) is 5.09. The summed E-state index contributed by atoms with van der Waals surface area (Å²) in [5.41, 5.74) is 9.19. The van der Waals surface area contributed by atoms with Crippen molar-refractivity contribution >= 4 is 43.4 Å². The van der Waals surface area contributed by atoms with Crippen LogP contribution in [0.25, 0.3) is 99.8 Å². The molecule has 0 aliphatic rings. The second-order valence-electron chi connectivity index (χ2n) is 13.0. The standard InChI is InChI=1S/C48H30N4/c1-3-14-31(15-4-1)37-22-11-12-25-40(37)48-51-46(34-18-5-2-6-19-34)50-47(52-48)36-21-13-20-35(30-36)43-41-28-26-32-16-7-9-23-38(32)44(41)49-45-39-24-10-8-17-33(39)27-29-42(43)45/h1-30H. The number of hydrogen-bond acceptors (Lipinski definition) is 4. The molecular formula is C48H30N4. The van der Waals surface area contributed by atoms with Gasteiger partial charge in [0.25, 0.3) is 0 Å². The van der Waals surface area contributed by atoms with Gasteiger partial charge in [-0.3, -0.25) is 0 Å². The molecule has 0 saturated carbocycles. The van der Waals surface area contributed by atoms with Crippen molar-refractivity contribution in [2.24, 2.45) is 0 Å². The summed E-state index contributed by atoms with van der Waals surface area (Å²) in [7, 11) is 0. The fourth-order valence-corrected chi connectivity index (χ4v) is 7.43. The SMILES string of the molecule is c1ccc(-c2nc(-c3cccc(-c4c5ccc6ccccc6c5nc5c4ccc4ccccc45)c3)nc(-c3ccccc3-c3ccccc3)n2)cc1. The highest BCUT2D eigenvalue weighted by molar-refractivity contribution is 6.21. The topological polar surface area (TPSA) is 51.6 Å². The van der Waals surface area contributed by atoms with Crippen molar-refractivity contribution in [2.75, 3.05) is 0 Å². The minimum absolute atomic E-state index is 0.618. The summed E-state index contributed by atoms with van der Waals surface area (Å²) in [4.78, 5) is 20.8. The van der Waals surface area contributed by atoms with E-state index < -0.39 is 0 Å². The molecule has 0 amide bonds. The van der Waals surface area contributed by atoms with Crippen molar-refractivity contribution in [3.8, 4) is 56.4 Å². The highest BCUT2D eigenvalue weighted by Gasteiger charge is 2.19. The van der Waals surface area contributed by atoms with Gasteiger partial charge in [0, 0.05) is 43.8 Å². The third-order valence-electron chi connectivity index (χ3n) is 9.89. The Morgan fingerprint density at radius 2 is 0.750 bits per heavy atom. The van der Waals surface area contributed by atoms with Gasteiger partial charge in [0.1, 0.15) is 0 Å². The van der Waals surface area contributed by atoms with Crippen LogP contribution in [0.4, 0.5) is 0 Å². The van der Waals surface area contributed by atoms with E-state index in [4.69, 9.17) is 19.9 Å². The normalized spacial score (nSPS) is 11.5. The lowest BCUT2D eigenvalue weighted by Crippen LogP contribution is -2.01. The first-order chi connectivity index (χ1) is 25.8. The molecule has 0 saturated heterocycles. The van der Waals surface area contributed by atoms with Gasteiger partial charge >= 0.3 is 0 Å². The largest absolute Gasteiger partial charge is 0.246 e. The molecule has 0 radical (unpaired) electrons. The number of pyridine rings is 1. The Bertz CT molecular complexity index is 2860. The molecule has 0 bridgehead atoms. The van der Waals surface area contributed by atoms with Crippen LogP contribution >= 0.6 is 0 Å². The van der Waals surface area contributed by atoms with Crippen LogP contribution in [0.3, 0.4) is 0 Å². The number of hydrogen-bond donors (Lipinski definition) is 0.